The molecule has 0 aliphatic carbocycles. The molecule has 1 fully saturated rings. The van der Waals surface area contributed by atoms with Gasteiger partial charge in [-0.15, -0.1) is 0 Å². The molecule has 2 N–H and O–H groups in total. The number of nitrogens with one attached hydrogen (secondary N) is 1. The molecule has 0 aromatic carbocycles. The van der Waals surface area contributed by atoms with Crippen molar-refractivity contribution in [1.82, 2.24) is 24.7 Å². The second-order valence-corrected chi connectivity index (χ2v) is 8.33. The maximum Gasteiger partial charge on any atom is 0.228 e. The molecule has 1 saturated heterocycles. The number of ether oxygens (including phenoxy) is 1. The monoisotopic (exact) mass is 406 g/mol. The molecule has 3 atom stereocenters. The number of nitrogens with zero attached hydrogens (tertiary/aromatic N) is 5. The Morgan fingerprint density at radius 1 is 1.07 bits per heavy atom. The molecule has 0 amide bonds. The Kier molecular flexibility index (Phi) is 4.48. The van der Waals surface area contributed by atoms with Gasteiger partial charge in [0.05, 0.1) is 17.1 Å². The van der Waals surface area contributed by atoms with E-state index in [2.05, 4.69) is 39.0 Å². The number of aliphatic hydroxyl groups is 1. The van der Waals surface area contributed by atoms with Crippen molar-refractivity contribution in [2.75, 3.05) is 18.0 Å². The Hall–Kier alpha value is -2.97. The lowest BCUT2D eigenvalue weighted by molar-refractivity contribution is 0.0280. The SMILES string of the molecule is Cc1cn2cc(C3=Cc4ccc(N5C[C@@H](C)N[C@@H](C)C5)nc4OC3O)nc2c(C)n1. The van der Waals surface area contributed by atoms with Crippen molar-refractivity contribution in [2.24, 2.45) is 0 Å². The molecule has 5 rings (SSSR count). The fourth-order valence-electron chi connectivity index (χ4n) is 4.39. The lowest BCUT2D eigenvalue weighted by atomic mass is 10.1. The highest BCUT2D eigenvalue weighted by Crippen LogP contribution is 2.34. The van der Waals surface area contributed by atoms with Crippen molar-refractivity contribution in [2.45, 2.75) is 46.1 Å². The van der Waals surface area contributed by atoms with E-state index < -0.39 is 6.29 Å². The number of aryl methyl sites for hydroxylation is 2. The van der Waals surface area contributed by atoms with Crippen LogP contribution in [0.25, 0.3) is 17.3 Å². The van der Waals surface area contributed by atoms with Crippen LogP contribution in [0.1, 0.15) is 36.5 Å². The number of hydrogen-bond acceptors (Lipinski definition) is 7. The van der Waals surface area contributed by atoms with Crippen LogP contribution in [0, 0.1) is 13.8 Å². The number of hydrogen-bond donors (Lipinski definition) is 2. The zero-order valence-corrected chi connectivity index (χ0v) is 17.6. The number of aliphatic hydroxyl groups excluding tert-OH is 1. The van der Waals surface area contributed by atoms with Gasteiger partial charge in [0.25, 0.3) is 0 Å². The molecule has 0 bridgehead atoms. The van der Waals surface area contributed by atoms with Crippen molar-refractivity contribution < 1.29 is 9.84 Å². The highest BCUT2D eigenvalue weighted by Gasteiger charge is 2.27. The first-order chi connectivity index (χ1) is 14.4. The average Bonchev–Trinajstić information content (AvgIpc) is 3.10. The Bertz CT molecular complexity index is 1140. The number of anilines is 1. The summed E-state index contributed by atoms with van der Waals surface area (Å²) in [6.07, 6.45) is 4.60. The summed E-state index contributed by atoms with van der Waals surface area (Å²) in [6.45, 7) is 9.98. The third-order valence-electron chi connectivity index (χ3n) is 5.58. The summed E-state index contributed by atoms with van der Waals surface area (Å²) in [6, 6.07) is 4.79. The van der Waals surface area contributed by atoms with Crippen LogP contribution < -0.4 is 15.0 Å². The van der Waals surface area contributed by atoms with E-state index in [0.717, 1.165) is 41.5 Å². The topological polar surface area (TPSA) is 87.8 Å². The molecule has 5 heterocycles. The van der Waals surface area contributed by atoms with E-state index in [1.165, 1.54) is 0 Å². The van der Waals surface area contributed by atoms with Gasteiger partial charge in [-0.2, -0.15) is 4.98 Å². The summed E-state index contributed by atoms with van der Waals surface area (Å²) in [7, 11) is 0. The maximum atomic E-state index is 10.7. The molecule has 30 heavy (non-hydrogen) atoms. The molecule has 3 aromatic rings. The van der Waals surface area contributed by atoms with Crippen molar-refractivity contribution in [1.29, 1.82) is 0 Å². The summed E-state index contributed by atoms with van der Waals surface area (Å²) in [5, 5.41) is 14.2. The van der Waals surface area contributed by atoms with Crippen LogP contribution in [0.2, 0.25) is 0 Å². The van der Waals surface area contributed by atoms with Gasteiger partial charge in [-0.25, -0.2) is 4.98 Å². The largest absolute Gasteiger partial charge is 0.443 e. The van der Waals surface area contributed by atoms with Crippen LogP contribution in [0.15, 0.2) is 24.5 Å². The summed E-state index contributed by atoms with van der Waals surface area (Å²) in [5.74, 6) is 1.31. The number of piperazine rings is 1. The summed E-state index contributed by atoms with van der Waals surface area (Å²) < 4.78 is 7.74. The van der Waals surface area contributed by atoms with Crippen molar-refractivity contribution >= 4 is 23.1 Å². The molecule has 2 aliphatic rings. The highest BCUT2D eigenvalue weighted by molar-refractivity contribution is 5.85. The van der Waals surface area contributed by atoms with Crippen LogP contribution >= 0.6 is 0 Å². The van der Waals surface area contributed by atoms with Gasteiger partial charge >= 0.3 is 0 Å². The maximum absolute atomic E-state index is 10.7. The molecule has 2 aliphatic heterocycles. The smallest absolute Gasteiger partial charge is 0.228 e. The van der Waals surface area contributed by atoms with E-state index in [1.807, 2.05) is 48.9 Å². The highest BCUT2D eigenvalue weighted by atomic mass is 16.6. The number of imidazole rings is 1. The van der Waals surface area contributed by atoms with E-state index in [0.29, 0.717) is 29.2 Å². The second kappa shape index (κ2) is 7.07. The first-order valence-electron chi connectivity index (χ1n) is 10.3. The minimum absolute atomic E-state index is 0.390. The van der Waals surface area contributed by atoms with Gasteiger partial charge in [0.1, 0.15) is 5.82 Å². The lowest BCUT2D eigenvalue weighted by Gasteiger charge is -2.37. The third-order valence-corrected chi connectivity index (χ3v) is 5.58. The second-order valence-electron chi connectivity index (χ2n) is 8.33. The molecular formula is C22H26N6O2. The molecule has 156 valence electrons. The standard InChI is InChI=1S/C22H26N6O2/c1-12-8-27(9-13(2)23-12)19-6-5-16-7-17(22(29)30-21(16)26-19)18-11-28-10-14(3)24-15(4)20(28)25-18/h5-7,10-13,22-23,29H,8-9H2,1-4H3/t12-,13+,22?. The van der Waals surface area contributed by atoms with Crippen LogP contribution in [-0.4, -0.2) is 55.9 Å². The molecule has 1 unspecified atom stereocenters. The molecule has 8 heteroatoms. The zero-order valence-electron chi connectivity index (χ0n) is 17.6. The lowest BCUT2D eigenvalue weighted by Crippen LogP contribution is -2.54. The molecule has 8 nitrogen and oxygen atoms in total. The normalized spacial score (nSPS) is 23.8. The molecular weight excluding hydrogens is 380 g/mol. The van der Waals surface area contributed by atoms with Gasteiger partial charge in [-0.1, -0.05) is 0 Å². The van der Waals surface area contributed by atoms with Crippen molar-refractivity contribution in [3.63, 3.8) is 0 Å². The number of aromatic nitrogens is 4. The molecule has 0 radical (unpaired) electrons. The van der Waals surface area contributed by atoms with Gasteiger partial charge in [0, 0.05) is 48.7 Å². The number of fused-ring (bicyclic) bond motifs is 2. The van der Waals surface area contributed by atoms with Crippen molar-refractivity contribution in [3.8, 4) is 5.88 Å². The molecule has 0 spiro atoms. The zero-order chi connectivity index (χ0) is 21.0. The van der Waals surface area contributed by atoms with Crippen LogP contribution in [-0.2, 0) is 0 Å². The van der Waals surface area contributed by atoms with E-state index in [-0.39, 0.29) is 0 Å². The quantitative estimate of drug-likeness (QED) is 0.674. The Morgan fingerprint density at radius 2 is 1.83 bits per heavy atom. The van der Waals surface area contributed by atoms with E-state index >= 15 is 0 Å². The first-order valence-corrected chi connectivity index (χ1v) is 10.3. The molecule has 0 saturated carbocycles. The fraction of sp³-hybridized carbons (Fsp3) is 0.409. The van der Waals surface area contributed by atoms with Crippen LogP contribution in [0.4, 0.5) is 5.82 Å². The Labute approximate surface area is 175 Å². The third kappa shape index (κ3) is 3.32. The van der Waals surface area contributed by atoms with E-state index in [1.54, 1.807) is 0 Å². The number of pyridine rings is 1. The summed E-state index contributed by atoms with van der Waals surface area (Å²) in [5.41, 5.74) is 4.64. The minimum Gasteiger partial charge on any atom is -0.443 e. The van der Waals surface area contributed by atoms with Crippen molar-refractivity contribution in [3.05, 3.63) is 47.2 Å². The summed E-state index contributed by atoms with van der Waals surface area (Å²) in [4.78, 5) is 16.1. The van der Waals surface area contributed by atoms with Gasteiger partial charge in [0.2, 0.25) is 12.2 Å². The Morgan fingerprint density at radius 3 is 2.60 bits per heavy atom. The van der Waals surface area contributed by atoms with E-state index in [4.69, 9.17) is 4.74 Å². The van der Waals surface area contributed by atoms with Gasteiger partial charge in [-0.3, -0.25) is 4.98 Å². The molecule has 3 aromatic heterocycles. The Balaban J connectivity index is 1.49. The predicted octanol–water partition coefficient (Wildman–Crippen LogP) is 2.18. The predicted molar refractivity (Wildman–Crippen MR) is 115 cm³/mol. The van der Waals surface area contributed by atoms with Crippen LogP contribution in [0.5, 0.6) is 5.88 Å². The first kappa shape index (κ1) is 19.0. The van der Waals surface area contributed by atoms with Gasteiger partial charge < -0.3 is 24.5 Å². The average molecular weight is 406 g/mol. The number of rotatable bonds is 2. The minimum atomic E-state index is -1.12. The fourth-order valence-corrected chi connectivity index (χ4v) is 4.39. The van der Waals surface area contributed by atoms with Gasteiger partial charge in [-0.05, 0) is 45.9 Å². The summed E-state index contributed by atoms with van der Waals surface area (Å²) >= 11 is 0. The van der Waals surface area contributed by atoms with Crippen LogP contribution in [0.3, 0.4) is 0 Å². The van der Waals surface area contributed by atoms with Gasteiger partial charge in [0.15, 0.2) is 5.65 Å². The van der Waals surface area contributed by atoms with E-state index in [9.17, 15) is 5.11 Å².